The SMILES string of the molecule is CC(CNc1ccc(N)c(C#N)c1)N1CCCC1. The molecule has 96 valence electrons. The number of hydrogen-bond donors (Lipinski definition) is 2. The van der Waals surface area contributed by atoms with E-state index in [-0.39, 0.29) is 0 Å². The van der Waals surface area contributed by atoms with Crippen LogP contribution in [-0.4, -0.2) is 30.6 Å². The lowest BCUT2D eigenvalue weighted by Crippen LogP contribution is -2.35. The fourth-order valence-electron chi connectivity index (χ4n) is 2.34. The molecule has 1 aromatic rings. The first-order chi connectivity index (χ1) is 8.70. The highest BCUT2D eigenvalue weighted by atomic mass is 15.2. The van der Waals surface area contributed by atoms with Crippen LogP contribution in [0, 0.1) is 11.3 Å². The largest absolute Gasteiger partial charge is 0.398 e. The molecule has 1 heterocycles. The number of nitriles is 1. The van der Waals surface area contributed by atoms with E-state index in [1.54, 1.807) is 6.07 Å². The monoisotopic (exact) mass is 244 g/mol. The molecule has 0 saturated carbocycles. The molecule has 1 aliphatic heterocycles. The first kappa shape index (κ1) is 12.7. The molecular formula is C14H20N4. The Morgan fingerprint density at radius 2 is 2.17 bits per heavy atom. The third-order valence-corrected chi connectivity index (χ3v) is 3.54. The van der Waals surface area contributed by atoms with Gasteiger partial charge in [0.15, 0.2) is 0 Å². The molecule has 1 unspecified atom stereocenters. The summed E-state index contributed by atoms with van der Waals surface area (Å²) in [5.74, 6) is 0. The van der Waals surface area contributed by atoms with Crippen molar-refractivity contribution < 1.29 is 0 Å². The predicted molar refractivity (Wildman–Crippen MR) is 74.3 cm³/mol. The number of likely N-dealkylation sites (tertiary alicyclic amines) is 1. The molecule has 0 aromatic heterocycles. The summed E-state index contributed by atoms with van der Waals surface area (Å²) >= 11 is 0. The van der Waals surface area contributed by atoms with Gasteiger partial charge in [-0.2, -0.15) is 5.26 Å². The van der Waals surface area contributed by atoms with Gasteiger partial charge >= 0.3 is 0 Å². The molecule has 0 amide bonds. The number of nitrogens with zero attached hydrogens (tertiary/aromatic N) is 2. The van der Waals surface area contributed by atoms with Gasteiger partial charge in [0.05, 0.1) is 5.56 Å². The molecule has 0 bridgehead atoms. The molecule has 4 heteroatoms. The van der Waals surface area contributed by atoms with Crippen molar-refractivity contribution in [3.8, 4) is 6.07 Å². The number of nitrogen functional groups attached to an aromatic ring is 1. The maximum absolute atomic E-state index is 8.93. The maximum atomic E-state index is 8.93. The molecule has 4 nitrogen and oxygen atoms in total. The molecule has 0 aliphatic carbocycles. The molecule has 0 spiro atoms. The van der Waals surface area contributed by atoms with Crippen molar-refractivity contribution in [2.24, 2.45) is 0 Å². The average molecular weight is 244 g/mol. The molecule has 1 fully saturated rings. The Bertz CT molecular complexity index is 444. The van der Waals surface area contributed by atoms with Crippen LogP contribution in [0.2, 0.25) is 0 Å². The van der Waals surface area contributed by atoms with Gasteiger partial charge in [-0.15, -0.1) is 0 Å². The summed E-state index contributed by atoms with van der Waals surface area (Å²) in [4.78, 5) is 2.50. The molecule has 18 heavy (non-hydrogen) atoms. The summed E-state index contributed by atoms with van der Waals surface area (Å²) in [6.07, 6.45) is 2.62. The minimum atomic E-state index is 0.524. The Labute approximate surface area is 108 Å². The lowest BCUT2D eigenvalue weighted by Gasteiger charge is -2.24. The minimum absolute atomic E-state index is 0.524. The van der Waals surface area contributed by atoms with Gasteiger partial charge in [0.2, 0.25) is 0 Å². The predicted octanol–water partition coefficient (Wildman–Crippen LogP) is 2.04. The van der Waals surface area contributed by atoms with E-state index in [0.717, 1.165) is 12.2 Å². The van der Waals surface area contributed by atoms with Gasteiger partial charge in [-0.05, 0) is 51.1 Å². The molecular weight excluding hydrogens is 224 g/mol. The van der Waals surface area contributed by atoms with E-state index in [2.05, 4.69) is 23.2 Å². The van der Waals surface area contributed by atoms with Crippen LogP contribution >= 0.6 is 0 Å². The molecule has 1 atom stereocenters. The second-order valence-electron chi connectivity index (χ2n) is 4.89. The molecule has 1 aliphatic rings. The van der Waals surface area contributed by atoms with Crippen LogP contribution in [0.25, 0.3) is 0 Å². The summed E-state index contributed by atoms with van der Waals surface area (Å²) in [6, 6.07) is 8.14. The van der Waals surface area contributed by atoms with Crippen molar-refractivity contribution in [3.63, 3.8) is 0 Å². The van der Waals surface area contributed by atoms with E-state index in [9.17, 15) is 0 Å². The number of nitrogens with one attached hydrogen (secondary N) is 1. The normalized spacial score (nSPS) is 17.3. The van der Waals surface area contributed by atoms with Crippen molar-refractivity contribution >= 4 is 11.4 Å². The van der Waals surface area contributed by atoms with Gasteiger partial charge in [-0.25, -0.2) is 0 Å². The zero-order chi connectivity index (χ0) is 13.0. The Morgan fingerprint density at radius 3 is 2.83 bits per heavy atom. The maximum Gasteiger partial charge on any atom is 0.101 e. The lowest BCUT2D eigenvalue weighted by atomic mass is 10.1. The standard InChI is InChI=1S/C14H20N4/c1-11(18-6-2-3-7-18)10-17-13-4-5-14(16)12(8-13)9-15/h4-5,8,11,17H,2-3,6-7,10,16H2,1H3. The molecule has 1 saturated heterocycles. The van der Waals surface area contributed by atoms with E-state index < -0.39 is 0 Å². The second-order valence-corrected chi connectivity index (χ2v) is 4.89. The first-order valence-corrected chi connectivity index (χ1v) is 6.48. The Morgan fingerprint density at radius 1 is 1.44 bits per heavy atom. The van der Waals surface area contributed by atoms with Gasteiger partial charge in [-0.3, -0.25) is 4.90 Å². The number of rotatable bonds is 4. The minimum Gasteiger partial charge on any atom is -0.398 e. The zero-order valence-corrected chi connectivity index (χ0v) is 10.8. The summed E-state index contributed by atoms with van der Waals surface area (Å²) in [5, 5.41) is 12.3. The lowest BCUT2D eigenvalue weighted by molar-refractivity contribution is 0.269. The van der Waals surface area contributed by atoms with Crippen LogP contribution in [0.3, 0.4) is 0 Å². The quantitative estimate of drug-likeness (QED) is 0.795. The summed E-state index contributed by atoms with van der Waals surface area (Å²) < 4.78 is 0. The molecule has 3 N–H and O–H groups in total. The number of nitrogens with two attached hydrogens (primary N) is 1. The van der Waals surface area contributed by atoms with Gasteiger partial charge < -0.3 is 11.1 Å². The van der Waals surface area contributed by atoms with E-state index >= 15 is 0 Å². The third kappa shape index (κ3) is 2.93. The smallest absolute Gasteiger partial charge is 0.101 e. The number of anilines is 2. The van der Waals surface area contributed by atoms with Crippen LogP contribution in [0.15, 0.2) is 18.2 Å². The number of hydrogen-bond acceptors (Lipinski definition) is 4. The Balaban J connectivity index is 1.91. The topological polar surface area (TPSA) is 65.1 Å². The zero-order valence-electron chi connectivity index (χ0n) is 10.8. The fourth-order valence-corrected chi connectivity index (χ4v) is 2.34. The van der Waals surface area contributed by atoms with Crippen LogP contribution < -0.4 is 11.1 Å². The van der Waals surface area contributed by atoms with Gasteiger partial charge in [0.1, 0.15) is 6.07 Å². The second kappa shape index (κ2) is 5.74. The molecule has 2 rings (SSSR count). The highest BCUT2D eigenvalue weighted by Gasteiger charge is 2.17. The van der Waals surface area contributed by atoms with Crippen molar-refractivity contribution in [3.05, 3.63) is 23.8 Å². The third-order valence-electron chi connectivity index (χ3n) is 3.54. The molecule has 1 aromatic carbocycles. The first-order valence-electron chi connectivity index (χ1n) is 6.48. The van der Waals surface area contributed by atoms with Crippen molar-refractivity contribution in [1.82, 2.24) is 4.90 Å². The Hall–Kier alpha value is -1.73. The van der Waals surface area contributed by atoms with Crippen LogP contribution in [0.1, 0.15) is 25.3 Å². The highest BCUT2D eigenvalue weighted by Crippen LogP contribution is 2.17. The van der Waals surface area contributed by atoms with Gasteiger partial charge in [0, 0.05) is 24.0 Å². The Kier molecular flexibility index (Phi) is 4.06. The summed E-state index contributed by atoms with van der Waals surface area (Å²) in [6.45, 7) is 5.54. The van der Waals surface area contributed by atoms with E-state index in [1.807, 2.05) is 12.1 Å². The van der Waals surface area contributed by atoms with E-state index in [0.29, 0.717) is 17.3 Å². The molecule has 0 radical (unpaired) electrons. The highest BCUT2D eigenvalue weighted by molar-refractivity contribution is 5.61. The van der Waals surface area contributed by atoms with E-state index in [4.69, 9.17) is 11.0 Å². The van der Waals surface area contributed by atoms with Crippen molar-refractivity contribution in [2.45, 2.75) is 25.8 Å². The van der Waals surface area contributed by atoms with Crippen LogP contribution in [0.5, 0.6) is 0 Å². The van der Waals surface area contributed by atoms with Crippen molar-refractivity contribution in [1.29, 1.82) is 5.26 Å². The summed E-state index contributed by atoms with van der Waals surface area (Å²) in [5.41, 5.74) is 7.74. The van der Waals surface area contributed by atoms with Crippen molar-refractivity contribution in [2.75, 3.05) is 30.7 Å². The van der Waals surface area contributed by atoms with Gasteiger partial charge in [0.25, 0.3) is 0 Å². The van der Waals surface area contributed by atoms with Gasteiger partial charge in [-0.1, -0.05) is 0 Å². The van der Waals surface area contributed by atoms with Crippen LogP contribution in [0.4, 0.5) is 11.4 Å². The average Bonchev–Trinajstić information content (AvgIpc) is 2.91. The van der Waals surface area contributed by atoms with Crippen LogP contribution in [-0.2, 0) is 0 Å². The fraction of sp³-hybridized carbons (Fsp3) is 0.500. The number of benzene rings is 1. The summed E-state index contributed by atoms with van der Waals surface area (Å²) in [7, 11) is 0. The van der Waals surface area contributed by atoms with E-state index in [1.165, 1.54) is 25.9 Å².